The van der Waals surface area contributed by atoms with Crippen LogP contribution in [0.15, 0.2) is 60.0 Å². The number of rotatable bonds is 8. The second-order valence-corrected chi connectivity index (χ2v) is 6.50. The fraction of sp³-hybridized carbons (Fsp3) is 0.200. The number of methoxy groups -OCH3 is 1. The zero-order valence-electron chi connectivity index (χ0n) is 14.5. The van der Waals surface area contributed by atoms with Gasteiger partial charge in [-0.3, -0.25) is 4.79 Å². The van der Waals surface area contributed by atoms with Crippen LogP contribution in [-0.2, 0) is 11.2 Å². The molecule has 0 unspecified atom stereocenters. The number of aromatic nitrogens is 1. The molecule has 3 aromatic rings. The summed E-state index contributed by atoms with van der Waals surface area (Å²) in [5, 5.41) is 5.86. The lowest BCUT2D eigenvalue weighted by molar-refractivity contribution is -0.123. The number of benzene rings is 2. The number of nitrogens with zero attached hydrogens (tertiary/aromatic N) is 1. The van der Waals surface area contributed by atoms with Crippen LogP contribution in [-0.4, -0.2) is 31.2 Å². The summed E-state index contributed by atoms with van der Waals surface area (Å²) in [7, 11) is 1.65. The summed E-state index contributed by atoms with van der Waals surface area (Å²) in [6.45, 7) is 0.547. The van der Waals surface area contributed by atoms with Gasteiger partial charge in [0, 0.05) is 23.9 Å². The Morgan fingerprint density at radius 2 is 1.85 bits per heavy atom. The summed E-state index contributed by atoms with van der Waals surface area (Å²) in [5.74, 6) is 1.37. The van der Waals surface area contributed by atoms with E-state index in [0.717, 1.165) is 22.0 Å². The van der Waals surface area contributed by atoms with Crippen LogP contribution in [0.3, 0.4) is 0 Å². The predicted octanol–water partition coefficient (Wildman–Crippen LogP) is 3.56. The molecule has 5 nitrogen and oxygen atoms in total. The molecule has 2 aromatic carbocycles. The molecule has 3 rings (SSSR count). The quantitative estimate of drug-likeness (QED) is 0.660. The standard InChI is InChI=1S/C20H20N2O3S/c1-24-16-9-7-15(8-10-16)18-14-26-20(22-18)11-12-21-19(23)13-25-17-5-3-2-4-6-17/h2-10,14H,11-13H2,1H3,(H,21,23). The molecule has 0 aliphatic heterocycles. The maximum absolute atomic E-state index is 11.8. The number of carbonyl (C=O) groups is 1. The van der Waals surface area contributed by atoms with Crippen molar-refractivity contribution in [3.8, 4) is 22.8 Å². The summed E-state index contributed by atoms with van der Waals surface area (Å²) in [5.41, 5.74) is 1.99. The Hall–Kier alpha value is -2.86. The van der Waals surface area contributed by atoms with Gasteiger partial charge in [-0.05, 0) is 36.4 Å². The first-order chi connectivity index (χ1) is 12.7. The van der Waals surface area contributed by atoms with E-state index >= 15 is 0 Å². The molecule has 26 heavy (non-hydrogen) atoms. The number of thiazole rings is 1. The molecule has 0 spiro atoms. The van der Waals surface area contributed by atoms with Crippen LogP contribution in [0.1, 0.15) is 5.01 Å². The van der Waals surface area contributed by atoms with Crippen LogP contribution in [0.4, 0.5) is 0 Å². The number of nitrogens with one attached hydrogen (secondary N) is 1. The van der Waals surface area contributed by atoms with Crippen molar-refractivity contribution < 1.29 is 14.3 Å². The fourth-order valence-corrected chi connectivity index (χ4v) is 3.15. The molecule has 0 aliphatic carbocycles. The summed E-state index contributed by atoms with van der Waals surface area (Å²) >= 11 is 1.59. The monoisotopic (exact) mass is 368 g/mol. The summed E-state index contributed by atoms with van der Waals surface area (Å²) in [6.07, 6.45) is 0.692. The minimum Gasteiger partial charge on any atom is -0.497 e. The van der Waals surface area contributed by atoms with E-state index in [-0.39, 0.29) is 12.5 Å². The molecule has 1 N–H and O–H groups in total. The molecule has 6 heteroatoms. The van der Waals surface area contributed by atoms with E-state index in [2.05, 4.69) is 10.3 Å². The first-order valence-corrected chi connectivity index (χ1v) is 9.16. The first-order valence-electron chi connectivity index (χ1n) is 8.28. The highest BCUT2D eigenvalue weighted by atomic mass is 32.1. The van der Waals surface area contributed by atoms with E-state index in [0.29, 0.717) is 18.7 Å². The summed E-state index contributed by atoms with van der Waals surface area (Å²) in [6, 6.07) is 17.1. The maximum Gasteiger partial charge on any atom is 0.257 e. The van der Waals surface area contributed by atoms with Gasteiger partial charge in [0.2, 0.25) is 0 Å². The number of hydrogen-bond donors (Lipinski definition) is 1. The van der Waals surface area contributed by atoms with Crippen molar-refractivity contribution in [2.75, 3.05) is 20.3 Å². The summed E-state index contributed by atoms with van der Waals surface area (Å²) < 4.78 is 10.6. The zero-order chi connectivity index (χ0) is 18.2. The van der Waals surface area contributed by atoms with Crippen LogP contribution >= 0.6 is 11.3 Å². The molecule has 134 valence electrons. The lowest BCUT2D eigenvalue weighted by atomic mass is 10.2. The second-order valence-electron chi connectivity index (χ2n) is 5.56. The third kappa shape index (κ3) is 5.07. The smallest absolute Gasteiger partial charge is 0.257 e. The van der Waals surface area contributed by atoms with Gasteiger partial charge in [-0.2, -0.15) is 0 Å². The van der Waals surface area contributed by atoms with Gasteiger partial charge in [0.05, 0.1) is 17.8 Å². The summed E-state index contributed by atoms with van der Waals surface area (Å²) in [4.78, 5) is 16.5. The van der Waals surface area contributed by atoms with E-state index in [4.69, 9.17) is 9.47 Å². The van der Waals surface area contributed by atoms with Crippen molar-refractivity contribution in [3.05, 3.63) is 65.0 Å². The number of hydrogen-bond acceptors (Lipinski definition) is 5. The SMILES string of the molecule is COc1ccc(-c2csc(CCNC(=O)COc3ccccc3)n2)cc1. The normalized spacial score (nSPS) is 10.3. The van der Waals surface area contributed by atoms with Crippen molar-refractivity contribution in [1.29, 1.82) is 0 Å². The van der Waals surface area contributed by atoms with E-state index < -0.39 is 0 Å². The molecule has 1 aromatic heterocycles. The highest BCUT2D eigenvalue weighted by Crippen LogP contribution is 2.24. The minimum absolute atomic E-state index is 0.0129. The highest BCUT2D eigenvalue weighted by molar-refractivity contribution is 7.09. The predicted molar refractivity (Wildman–Crippen MR) is 103 cm³/mol. The Bertz CT molecular complexity index is 832. The minimum atomic E-state index is -0.138. The molecule has 0 fully saturated rings. The van der Waals surface area contributed by atoms with Crippen LogP contribution in [0.2, 0.25) is 0 Å². The van der Waals surface area contributed by atoms with E-state index in [1.807, 2.05) is 60.0 Å². The van der Waals surface area contributed by atoms with Crippen molar-refractivity contribution in [2.24, 2.45) is 0 Å². The molecule has 1 amide bonds. The van der Waals surface area contributed by atoms with Gasteiger partial charge < -0.3 is 14.8 Å². The Morgan fingerprint density at radius 3 is 2.58 bits per heavy atom. The third-order valence-electron chi connectivity index (χ3n) is 3.71. The topological polar surface area (TPSA) is 60.5 Å². The Labute approximate surface area is 156 Å². The van der Waals surface area contributed by atoms with Crippen LogP contribution in [0.25, 0.3) is 11.3 Å². The van der Waals surface area contributed by atoms with Crippen LogP contribution in [0.5, 0.6) is 11.5 Å². The Balaban J connectivity index is 1.43. The Kier molecular flexibility index (Phi) is 6.22. The average molecular weight is 368 g/mol. The van der Waals surface area contributed by atoms with Gasteiger partial charge in [-0.25, -0.2) is 4.98 Å². The molecule has 0 atom stereocenters. The molecule has 0 saturated heterocycles. The number of ether oxygens (including phenoxy) is 2. The molecule has 0 radical (unpaired) electrons. The van der Waals surface area contributed by atoms with E-state index in [1.54, 1.807) is 18.4 Å². The third-order valence-corrected chi connectivity index (χ3v) is 4.62. The molecular weight excluding hydrogens is 348 g/mol. The Morgan fingerprint density at radius 1 is 1.08 bits per heavy atom. The van der Waals surface area contributed by atoms with Gasteiger partial charge >= 0.3 is 0 Å². The average Bonchev–Trinajstić information content (AvgIpc) is 3.16. The van der Waals surface area contributed by atoms with Crippen LogP contribution < -0.4 is 14.8 Å². The maximum atomic E-state index is 11.8. The molecule has 0 bridgehead atoms. The molecule has 0 saturated carbocycles. The highest BCUT2D eigenvalue weighted by Gasteiger charge is 2.07. The van der Waals surface area contributed by atoms with Gasteiger partial charge in [0.25, 0.3) is 5.91 Å². The van der Waals surface area contributed by atoms with Crippen molar-refractivity contribution >= 4 is 17.2 Å². The molecular formula is C20H20N2O3S. The van der Waals surface area contributed by atoms with Gasteiger partial charge in [-0.15, -0.1) is 11.3 Å². The number of carbonyl (C=O) groups excluding carboxylic acids is 1. The van der Waals surface area contributed by atoms with Gasteiger partial charge in [-0.1, -0.05) is 18.2 Å². The largest absolute Gasteiger partial charge is 0.497 e. The lowest BCUT2D eigenvalue weighted by Crippen LogP contribution is -2.30. The molecule has 1 heterocycles. The lowest BCUT2D eigenvalue weighted by Gasteiger charge is -2.06. The van der Waals surface area contributed by atoms with Crippen molar-refractivity contribution in [1.82, 2.24) is 10.3 Å². The second kappa shape index (κ2) is 9.01. The van der Waals surface area contributed by atoms with Crippen molar-refractivity contribution in [2.45, 2.75) is 6.42 Å². The number of para-hydroxylation sites is 1. The van der Waals surface area contributed by atoms with Gasteiger partial charge in [0.15, 0.2) is 6.61 Å². The fourth-order valence-electron chi connectivity index (χ4n) is 2.35. The van der Waals surface area contributed by atoms with Crippen LogP contribution in [0, 0.1) is 0 Å². The van der Waals surface area contributed by atoms with Crippen molar-refractivity contribution in [3.63, 3.8) is 0 Å². The first kappa shape index (κ1) is 17.9. The zero-order valence-corrected chi connectivity index (χ0v) is 15.3. The van der Waals surface area contributed by atoms with Gasteiger partial charge in [0.1, 0.15) is 11.5 Å². The van der Waals surface area contributed by atoms with E-state index in [1.165, 1.54) is 0 Å². The molecule has 0 aliphatic rings. The van der Waals surface area contributed by atoms with E-state index in [9.17, 15) is 4.79 Å². The number of amides is 1.